The van der Waals surface area contributed by atoms with E-state index in [1.54, 1.807) is 30.5 Å². The second kappa shape index (κ2) is 4.51. The Balaban J connectivity index is 1.98. The molecule has 2 aromatic heterocycles. The van der Waals surface area contributed by atoms with Crippen molar-refractivity contribution in [3.63, 3.8) is 0 Å². The molecule has 0 atom stereocenters. The van der Waals surface area contributed by atoms with E-state index in [2.05, 4.69) is 9.97 Å². The number of rotatable bonds is 2. The van der Waals surface area contributed by atoms with Gasteiger partial charge in [-0.3, -0.25) is 0 Å². The predicted molar refractivity (Wildman–Crippen MR) is 71.8 cm³/mol. The van der Waals surface area contributed by atoms with Gasteiger partial charge in [0, 0.05) is 18.0 Å². The molecule has 0 unspecified atom stereocenters. The summed E-state index contributed by atoms with van der Waals surface area (Å²) in [6, 6.07) is 8.90. The summed E-state index contributed by atoms with van der Waals surface area (Å²) in [4.78, 5) is 8.50. The van der Waals surface area contributed by atoms with Crippen molar-refractivity contribution in [3.8, 4) is 0 Å². The first kappa shape index (κ1) is 11.4. The van der Waals surface area contributed by atoms with E-state index >= 15 is 0 Å². The van der Waals surface area contributed by atoms with Crippen LogP contribution in [0.15, 0.2) is 51.2 Å². The molecule has 90 valence electrons. The van der Waals surface area contributed by atoms with Crippen molar-refractivity contribution in [1.29, 1.82) is 0 Å². The Kier molecular flexibility index (Phi) is 2.85. The third kappa shape index (κ3) is 2.14. The largest absolute Gasteiger partial charge is 0.431 e. The van der Waals surface area contributed by atoms with Crippen molar-refractivity contribution in [3.05, 3.63) is 41.6 Å². The van der Waals surface area contributed by atoms with Crippen LogP contribution in [0.25, 0.3) is 11.1 Å². The maximum Gasteiger partial charge on any atom is 0.263 e. The van der Waals surface area contributed by atoms with Crippen LogP contribution in [-0.2, 0) is 0 Å². The van der Waals surface area contributed by atoms with Crippen molar-refractivity contribution >= 4 is 40.1 Å². The number of anilines is 1. The second-order valence-electron chi connectivity index (χ2n) is 3.60. The Bertz CT molecular complexity index is 713. The Labute approximate surface area is 112 Å². The van der Waals surface area contributed by atoms with Crippen LogP contribution >= 0.6 is 23.4 Å². The molecule has 1 aromatic carbocycles. The van der Waals surface area contributed by atoms with Gasteiger partial charge >= 0.3 is 0 Å². The molecule has 0 spiro atoms. The lowest BCUT2D eigenvalue weighted by Crippen LogP contribution is -1.81. The van der Waals surface area contributed by atoms with Crippen molar-refractivity contribution in [1.82, 2.24) is 9.97 Å². The molecule has 0 aliphatic carbocycles. The van der Waals surface area contributed by atoms with E-state index in [-0.39, 0.29) is 0 Å². The lowest BCUT2D eigenvalue weighted by atomic mass is 10.3. The van der Waals surface area contributed by atoms with Crippen LogP contribution in [0.5, 0.6) is 0 Å². The minimum atomic E-state index is 0.496. The van der Waals surface area contributed by atoms with Gasteiger partial charge in [-0.25, -0.2) is 9.97 Å². The summed E-state index contributed by atoms with van der Waals surface area (Å²) in [5.41, 5.74) is 7.75. The lowest BCUT2D eigenvalue weighted by Gasteiger charge is -1.97. The highest BCUT2D eigenvalue weighted by Gasteiger charge is 2.10. The minimum absolute atomic E-state index is 0.496. The molecule has 0 amide bonds. The van der Waals surface area contributed by atoms with E-state index in [4.69, 9.17) is 21.8 Å². The Morgan fingerprint density at radius 2 is 2.17 bits per heavy atom. The number of hydrogen-bond donors (Lipinski definition) is 1. The van der Waals surface area contributed by atoms with E-state index in [0.717, 1.165) is 5.52 Å². The summed E-state index contributed by atoms with van der Waals surface area (Å²) in [6.45, 7) is 0. The van der Waals surface area contributed by atoms with Gasteiger partial charge in [0.25, 0.3) is 5.22 Å². The Hall–Kier alpha value is -1.72. The fourth-order valence-electron chi connectivity index (χ4n) is 1.49. The molecule has 2 heterocycles. The van der Waals surface area contributed by atoms with Crippen molar-refractivity contribution in [2.45, 2.75) is 10.2 Å². The van der Waals surface area contributed by atoms with Gasteiger partial charge in [-0.15, -0.1) is 0 Å². The maximum atomic E-state index is 6.03. The first-order chi connectivity index (χ1) is 8.72. The number of halogens is 1. The zero-order valence-electron chi connectivity index (χ0n) is 9.13. The lowest BCUT2D eigenvalue weighted by molar-refractivity contribution is 0.489. The first-order valence-corrected chi connectivity index (χ1v) is 6.36. The van der Waals surface area contributed by atoms with Gasteiger partial charge < -0.3 is 10.2 Å². The van der Waals surface area contributed by atoms with Crippen LogP contribution in [0.1, 0.15) is 0 Å². The molecule has 0 bridgehead atoms. The number of aromatic nitrogens is 2. The fraction of sp³-hybridized carbons (Fsp3) is 0. The number of nitrogens with two attached hydrogens (primary N) is 1. The third-order valence-corrected chi connectivity index (χ3v) is 3.59. The van der Waals surface area contributed by atoms with E-state index < -0.39 is 0 Å². The number of fused-ring (bicyclic) bond motifs is 1. The van der Waals surface area contributed by atoms with Crippen molar-refractivity contribution in [2.24, 2.45) is 0 Å². The topological polar surface area (TPSA) is 64.9 Å². The monoisotopic (exact) mass is 277 g/mol. The van der Waals surface area contributed by atoms with Gasteiger partial charge in [-0.05, 0) is 36.0 Å². The number of nitrogen functional groups attached to an aromatic ring is 1. The van der Waals surface area contributed by atoms with Crippen LogP contribution < -0.4 is 5.73 Å². The SMILES string of the molecule is Nc1ccc2nc(Sc3ncccc3Cl)oc2c1. The van der Waals surface area contributed by atoms with Gasteiger partial charge in [0.15, 0.2) is 5.58 Å². The predicted octanol–water partition coefficient (Wildman–Crippen LogP) is 3.61. The van der Waals surface area contributed by atoms with Crippen molar-refractivity contribution < 1.29 is 4.42 Å². The number of pyridine rings is 1. The molecule has 0 aliphatic rings. The molecule has 0 aliphatic heterocycles. The molecular weight excluding hydrogens is 270 g/mol. The van der Waals surface area contributed by atoms with Crippen molar-refractivity contribution in [2.75, 3.05) is 5.73 Å². The smallest absolute Gasteiger partial charge is 0.263 e. The zero-order valence-corrected chi connectivity index (χ0v) is 10.7. The molecule has 4 nitrogen and oxygen atoms in total. The molecule has 3 aromatic rings. The number of benzene rings is 1. The van der Waals surface area contributed by atoms with E-state index in [0.29, 0.717) is 26.5 Å². The van der Waals surface area contributed by atoms with Crippen LogP contribution in [0, 0.1) is 0 Å². The van der Waals surface area contributed by atoms with E-state index in [1.807, 2.05) is 6.07 Å². The quantitative estimate of drug-likeness (QED) is 0.725. The zero-order chi connectivity index (χ0) is 12.5. The Morgan fingerprint density at radius 3 is 3.00 bits per heavy atom. The van der Waals surface area contributed by atoms with Gasteiger partial charge in [0.2, 0.25) is 0 Å². The van der Waals surface area contributed by atoms with Crippen LogP contribution in [0.3, 0.4) is 0 Å². The molecule has 0 radical (unpaired) electrons. The van der Waals surface area contributed by atoms with E-state index in [9.17, 15) is 0 Å². The summed E-state index contributed by atoms with van der Waals surface area (Å²) in [5.74, 6) is 0. The summed E-state index contributed by atoms with van der Waals surface area (Å²) in [5, 5.41) is 1.74. The van der Waals surface area contributed by atoms with Crippen LogP contribution in [0.2, 0.25) is 5.02 Å². The molecule has 0 saturated heterocycles. The number of oxazole rings is 1. The molecule has 18 heavy (non-hydrogen) atoms. The summed E-state index contributed by atoms with van der Waals surface area (Å²) >= 11 is 7.31. The molecule has 3 rings (SSSR count). The van der Waals surface area contributed by atoms with Gasteiger partial charge in [-0.1, -0.05) is 11.6 Å². The fourth-order valence-corrected chi connectivity index (χ4v) is 2.45. The Morgan fingerprint density at radius 1 is 1.28 bits per heavy atom. The van der Waals surface area contributed by atoms with Gasteiger partial charge in [0.05, 0.1) is 5.02 Å². The standard InChI is InChI=1S/C12H8ClN3OS/c13-8-2-1-5-15-11(8)18-12-16-9-4-3-7(14)6-10(9)17-12/h1-6H,14H2. The summed E-state index contributed by atoms with van der Waals surface area (Å²) in [6.07, 6.45) is 1.68. The third-order valence-electron chi connectivity index (χ3n) is 2.30. The minimum Gasteiger partial charge on any atom is -0.431 e. The molecular formula is C12H8ClN3OS. The van der Waals surface area contributed by atoms with Gasteiger partial charge in [0.1, 0.15) is 10.5 Å². The average Bonchev–Trinajstić information content (AvgIpc) is 2.73. The number of nitrogens with zero attached hydrogens (tertiary/aromatic N) is 2. The maximum absolute atomic E-state index is 6.03. The second-order valence-corrected chi connectivity index (χ2v) is 4.95. The number of hydrogen-bond acceptors (Lipinski definition) is 5. The highest BCUT2D eigenvalue weighted by atomic mass is 35.5. The van der Waals surface area contributed by atoms with Crippen LogP contribution in [-0.4, -0.2) is 9.97 Å². The highest BCUT2D eigenvalue weighted by molar-refractivity contribution is 7.99. The molecule has 0 fully saturated rings. The average molecular weight is 278 g/mol. The van der Waals surface area contributed by atoms with Crippen LogP contribution in [0.4, 0.5) is 5.69 Å². The molecule has 2 N–H and O–H groups in total. The van der Waals surface area contributed by atoms with Gasteiger partial charge in [-0.2, -0.15) is 0 Å². The first-order valence-electron chi connectivity index (χ1n) is 5.17. The molecule has 6 heteroatoms. The van der Waals surface area contributed by atoms with E-state index in [1.165, 1.54) is 11.8 Å². The molecule has 0 saturated carbocycles. The summed E-state index contributed by atoms with van der Waals surface area (Å²) in [7, 11) is 0. The highest BCUT2D eigenvalue weighted by Crippen LogP contribution is 2.32. The summed E-state index contributed by atoms with van der Waals surface area (Å²) < 4.78 is 5.58. The normalized spacial score (nSPS) is 10.9.